The van der Waals surface area contributed by atoms with Gasteiger partial charge in [0, 0.05) is 11.4 Å². The van der Waals surface area contributed by atoms with Crippen LogP contribution >= 0.6 is 0 Å². The Labute approximate surface area is 242 Å². The largest absolute Gasteiger partial charge is 0.399 e. The maximum absolute atomic E-state index is 5.81. The third-order valence-electron chi connectivity index (χ3n) is 8.23. The summed E-state index contributed by atoms with van der Waals surface area (Å²) >= 11 is 0. The zero-order valence-electron chi connectivity index (χ0n) is 24.7. The van der Waals surface area contributed by atoms with E-state index in [0.29, 0.717) is 0 Å². The predicted molar refractivity (Wildman–Crippen MR) is 174 cm³/mol. The molecule has 40 heavy (non-hydrogen) atoms. The molecule has 0 aliphatic rings. The molecule has 0 bridgehead atoms. The molecular formula is C38H48N2. The van der Waals surface area contributed by atoms with E-state index in [9.17, 15) is 0 Å². The topological polar surface area (TPSA) is 52.0 Å². The van der Waals surface area contributed by atoms with Crippen molar-refractivity contribution in [2.45, 2.75) is 90.9 Å². The lowest BCUT2D eigenvalue weighted by Gasteiger charge is -2.10. The Morgan fingerprint density at radius 1 is 0.400 bits per heavy atom. The molecular weight excluding hydrogens is 484 g/mol. The van der Waals surface area contributed by atoms with E-state index >= 15 is 0 Å². The second-order valence-corrected chi connectivity index (χ2v) is 11.7. The molecule has 4 aromatic carbocycles. The molecule has 0 unspecified atom stereocenters. The Morgan fingerprint density at radius 3 is 1.07 bits per heavy atom. The minimum absolute atomic E-state index is 0.828. The summed E-state index contributed by atoms with van der Waals surface area (Å²) in [6.07, 6.45) is 15.1. The summed E-state index contributed by atoms with van der Waals surface area (Å²) in [6.45, 7) is 4.53. The van der Waals surface area contributed by atoms with Crippen LogP contribution in [0.2, 0.25) is 0 Å². The average Bonchev–Trinajstić information content (AvgIpc) is 2.94. The molecule has 2 heteroatoms. The summed E-state index contributed by atoms with van der Waals surface area (Å²) in [7, 11) is 0. The maximum atomic E-state index is 5.81. The van der Waals surface area contributed by atoms with E-state index in [-0.39, 0.29) is 0 Å². The molecule has 4 rings (SSSR count). The van der Waals surface area contributed by atoms with Crippen molar-refractivity contribution in [3.05, 3.63) is 129 Å². The summed E-state index contributed by atoms with van der Waals surface area (Å²) in [5.74, 6) is 0. The fourth-order valence-corrected chi connectivity index (χ4v) is 5.73. The van der Waals surface area contributed by atoms with Crippen molar-refractivity contribution < 1.29 is 0 Å². The number of hydrogen-bond donors (Lipinski definition) is 2. The van der Waals surface area contributed by atoms with E-state index in [0.717, 1.165) is 24.2 Å². The molecule has 0 aromatic heterocycles. The van der Waals surface area contributed by atoms with E-state index in [1.54, 1.807) is 0 Å². The molecule has 0 amide bonds. The number of nitrogen functional groups attached to an aromatic ring is 2. The average molecular weight is 533 g/mol. The van der Waals surface area contributed by atoms with Crippen LogP contribution in [0.25, 0.3) is 0 Å². The molecule has 0 aliphatic heterocycles. The van der Waals surface area contributed by atoms with Crippen LogP contribution in [0.3, 0.4) is 0 Å². The van der Waals surface area contributed by atoms with Gasteiger partial charge in [0.15, 0.2) is 0 Å². The lowest BCUT2D eigenvalue weighted by Crippen LogP contribution is -1.95. The van der Waals surface area contributed by atoms with Gasteiger partial charge in [0.1, 0.15) is 0 Å². The first kappa shape index (κ1) is 29.5. The van der Waals surface area contributed by atoms with Gasteiger partial charge in [0.2, 0.25) is 0 Å². The third-order valence-corrected chi connectivity index (χ3v) is 8.23. The number of nitrogens with two attached hydrogens (primary N) is 2. The molecule has 0 spiro atoms. The highest BCUT2D eigenvalue weighted by Gasteiger charge is 2.04. The van der Waals surface area contributed by atoms with Crippen molar-refractivity contribution in [3.8, 4) is 0 Å². The van der Waals surface area contributed by atoms with E-state index < -0.39 is 0 Å². The lowest BCUT2D eigenvalue weighted by atomic mass is 9.96. The van der Waals surface area contributed by atoms with Crippen molar-refractivity contribution in [3.63, 3.8) is 0 Å². The van der Waals surface area contributed by atoms with Gasteiger partial charge in [0.25, 0.3) is 0 Å². The van der Waals surface area contributed by atoms with Crippen molar-refractivity contribution in [2.75, 3.05) is 11.5 Å². The van der Waals surface area contributed by atoms with Crippen LogP contribution in [0.1, 0.15) is 95.9 Å². The number of unbranched alkanes of at least 4 members (excludes halogenated alkanes) is 7. The Kier molecular flexibility index (Phi) is 11.3. The summed E-state index contributed by atoms with van der Waals surface area (Å²) < 4.78 is 0. The van der Waals surface area contributed by atoms with Crippen LogP contribution in [0, 0.1) is 13.8 Å². The van der Waals surface area contributed by atoms with E-state index in [4.69, 9.17) is 11.5 Å². The SMILES string of the molecule is Cc1cc(Cc2ccc(N)cc2)ccc1CCCCCCCCCCc1ccc(Cc2ccc(N)cc2)cc1C. The smallest absolute Gasteiger partial charge is 0.0314 e. The van der Waals surface area contributed by atoms with Crippen LogP contribution in [-0.2, 0) is 25.7 Å². The monoisotopic (exact) mass is 532 g/mol. The van der Waals surface area contributed by atoms with Crippen LogP contribution < -0.4 is 11.5 Å². The first-order valence-electron chi connectivity index (χ1n) is 15.3. The van der Waals surface area contributed by atoms with Gasteiger partial charge in [-0.2, -0.15) is 0 Å². The fourth-order valence-electron chi connectivity index (χ4n) is 5.73. The predicted octanol–water partition coefficient (Wildman–Crippen LogP) is 9.56. The van der Waals surface area contributed by atoms with Gasteiger partial charge in [-0.1, -0.05) is 99.2 Å². The molecule has 0 atom stereocenters. The molecule has 0 radical (unpaired) electrons. The molecule has 2 nitrogen and oxygen atoms in total. The number of rotatable bonds is 15. The minimum Gasteiger partial charge on any atom is -0.399 e. The Morgan fingerprint density at radius 2 is 0.725 bits per heavy atom. The van der Waals surface area contributed by atoms with Crippen molar-refractivity contribution >= 4 is 11.4 Å². The summed E-state index contributed by atoms with van der Waals surface area (Å²) in [4.78, 5) is 0. The zero-order valence-corrected chi connectivity index (χ0v) is 24.7. The number of anilines is 2. The first-order chi connectivity index (χ1) is 19.5. The first-order valence-corrected chi connectivity index (χ1v) is 15.3. The molecule has 0 fully saturated rings. The van der Waals surface area contributed by atoms with Gasteiger partial charge < -0.3 is 11.5 Å². The van der Waals surface area contributed by atoms with Crippen molar-refractivity contribution in [1.82, 2.24) is 0 Å². The van der Waals surface area contributed by atoms with Gasteiger partial charge in [-0.05, 0) is 121 Å². The van der Waals surface area contributed by atoms with Crippen LogP contribution in [0.15, 0.2) is 84.9 Å². The van der Waals surface area contributed by atoms with Crippen LogP contribution in [0.4, 0.5) is 11.4 Å². The minimum atomic E-state index is 0.828. The van der Waals surface area contributed by atoms with Crippen LogP contribution in [-0.4, -0.2) is 0 Å². The van der Waals surface area contributed by atoms with Crippen molar-refractivity contribution in [1.29, 1.82) is 0 Å². The standard InChI is InChI=1S/C38H48N2/c1-29-25-33(27-31-15-21-37(39)22-16-31)13-19-35(29)11-9-7-5-3-4-6-8-10-12-36-20-14-34(26-30(36)2)28-32-17-23-38(40)24-18-32/h13-26H,3-12,27-28,39-40H2,1-2H3. The quantitative estimate of drug-likeness (QED) is 0.118. The van der Waals surface area contributed by atoms with Gasteiger partial charge in [-0.25, -0.2) is 0 Å². The summed E-state index contributed by atoms with van der Waals surface area (Å²) in [6, 6.07) is 30.5. The Bertz CT molecular complexity index is 1210. The fraction of sp³-hybridized carbons (Fsp3) is 0.368. The van der Waals surface area contributed by atoms with E-state index in [2.05, 4.69) is 74.5 Å². The van der Waals surface area contributed by atoms with Gasteiger partial charge in [-0.15, -0.1) is 0 Å². The second-order valence-electron chi connectivity index (χ2n) is 11.7. The number of benzene rings is 4. The zero-order chi connectivity index (χ0) is 28.2. The Balaban J connectivity index is 1.05. The molecule has 0 saturated heterocycles. The molecule has 210 valence electrons. The third kappa shape index (κ3) is 9.59. The molecule has 4 N–H and O–H groups in total. The summed E-state index contributed by atoms with van der Waals surface area (Å²) in [5.41, 5.74) is 24.6. The van der Waals surface area contributed by atoms with Gasteiger partial charge in [-0.3, -0.25) is 0 Å². The normalized spacial score (nSPS) is 11.2. The van der Waals surface area contributed by atoms with Gasteiger partial charge >= 0.3 is 0 Å². The maximum Gasteiger partial charge on any atom is 0.0314 e. The summed E-state index contributed by atoms with van der Waals surface area (Å²) in [5, 5.41) is 0. The number of hydrogen-bond acceptors (Lipinski definition) is 2. The van der Waals surface area contributed by atoms with Crippen molar-refractivity contribution in [2.24, 2.45) is 0 Å². The van der Waals surface area contributed by atoms with Crippen LogP contribution in [0.5, 0.6) is 0 Å². The molecule has 0 aliphatic carbocycles. The second kappa shape index (κ2) is 15.3. The number of aryl methyl sites for hydroxylation is 4. The Hall–Kier alpha value is -3.52. The van der Waals surface area contributed by atoms with Gasteiger partial charge in [0.05, 0.1) is 0 Å². The highest BCUT2D eigenvalue weighted by molar-refractivity contribution is 5.42. The highest BCUT2D eigenvalue weighted by Crippen LogP contribution is 2.20. The molecule has 0 heterocycles. The van der Waals surface area contributed by atoms with E-state index in [1.165, 1.54) is 109 Å². The van der Waals surface area contributed by atoms with E-state index in [1.807, 2.05) is 24.3 Å². The highest BCUT2D eigenvalue weighted by atomic mass is 14.5. The molecule has 0 saturated carbocycles. The molecule has 4 aromatic rings. The lowest BCUT2D eigenvalue weighted by molar-refractivity contribution is 0.567.